The summed E-state index contributed by atoms with van der Waals surface area (Å²) in [6.45, 7) is 7.66. The van der Waals surface area contributed by atoms with Crippen molar-refractivity contribution in [3.8, 4) is 0 Å². The SMILES string of the molecule is C=Cc1ccc(N=C=NC(C)C)cc1. The summed E-state index contributed by atoms with van der Waals surface area (Å²) >= 11 is 0. The Labute approximate surface area is 84.7 Å². The third-order valence-electron chi connectivity index (χ3n) is 1.62. The first-order chi connectivity index (χ1) is 6.72. The molecular formula is C12H14N2. The minimum absolute atomic E-state index is 0.242. The highest BCUT2D eigenvalue weighted by atomic mass is 14.8. The number of nitrogens with zero attached hydrogens (tertiary/aromatic N) is 2. The topological polar surface area (TPSA) is 24.7 Å². The quantitative estimate of drug-likeness (QED) is 0.645. The molecule has 0 bridgehead atoms. The molecule has 0 radical (unpaired) electrons. The van der Waals surface area contributed by atoms with Gasteiger partial charge in [-0.1, -0.05) is 24.8 Å². The van der Waals surface area contributed by atoms with Crippen LogP contribution < -0.4 is 0 Å². The van der Waals surface area contributed by atoms with Crippen molar-refractivity contribution in [2.24, 2.45) is 9.98 Å². The van der Waals surface area contributed by atoms with Gasteiger partial charge in [0, 0.05) is 0 Å². The lowest BCUT2D eigenvalue weighted by molar-refractivity contribution is 0.842. The van der Waals surface area contributed by atoms with E-state index >= 15 is 0 Å². The Hall–Kier alpha value is -1.66. The van der Waals surface area contributed by atoms with E-state index in [0.717, 1.165) is 11.3 Å². The van der Waals surface area contributed by atoms with Gasteiger partial charge in [0.2, 0.25) is 0 Å². The summed E-state index contributed by atoms with van der Waals surface area (Å²) in [4.78, 5) is 8.10. The maximum absolute atomic E-state index is 4.07. The van der Waals surface area contributed by atoms with Gasteiger partial charge in [-0.2, -0.15) is 4.99 Å². The van der Waals surface area contributed by atoms with Crippen LogP contribution in [0.15, 0.2) is 40.8 Å². The van der Waals surface area contributed by atoms with Gasteiger partial charge in [0.15, 0.2) is 0 Å². The smallest absolute Gasteiger partial charge is 0.0951 e. The van der Waals surface area contributed by atoms with Crippen molar-refractivity contribution in [3.05, 3.63) is 36.4 Å². The largest absolute Gasteiger partial charge is 0.223 e. The zero-order valence-electron chi connectivity index (χ0n) is 8.57. The van der Waals surface area contributed by atoms with E-state index in [1.807, 2.05) is 38.1 Å². The molecule has 0 fully saturated rings. The first-order valence-electron chi connectivity index (χ1n) is 4.60. The molecule has 0 N–H and O–H groups in total. The van der Waals surface area contributed by atoms with Crippen molar-refractivity contribution >= 4 is 17.8 Å². The number of benzene rings is 1. The molecular weight excluding hydrogens is 172 g/mol. The lowest BCUT2D eigenvalue weighted by Gasteiger charge is -1.92. The fourth-order valence-electron chi connectivity index (χ4n) is 0.887. The molecule has 0 saturated carbocycles. The molecule has 0 spiro atoms. The number of rotatable bonds is 3. The summed E-state index contributed by atoms with van der Waals surface area (Å²) in [5, 5.41) is 0. The van der Waals surface area contributed by atoms with Crippen molar-refractivity contribution in [2.45, 2.75) is 19.9 Å². The lowest BCUT2D eigenvalue weighted by Crippen LogP contribution is -1.84. The molecule has 0 aromatic heterocycles. The van der Waals surface area contributed by atoms with E-state index in [-0.39, 0.29) is 6.04 Å². The monoisotopic (exact) mass is 186 g/mol. The normalized spacial score (nSPS) is 9.36. The van der Waals surface area contributed by atoms with E-state index in [1.54, 1.807) is 6.08 Å². The van der Waals surface area contributed by atoms with E-state index in [1.165, 1.54) is 0 Å². The molecule has 0 atom stereocenters. The van der Waals surface area contributed by atoms with Crippen LogP contribution in [0.2, 0.25) is 0 Å². The Morgan fingerprint density at radius 2 is 1.93 bits per heavy atom. The van der Waals surface area contributed by atoms with Gasteiger partial charge in [-0.3, -0.25) is 0 Å². The van der Waals surface area contributed by atoms with Gasteiger partial charge in [-0.15, -0.1) is 0 Å². The second-order valence-corrected chi connectivity index (χ2v) is 3.23. The van der Waals surface area contributed by atoms with Crippen molar-refractivity contribution in [3.63, 3.8) is 0 Å². The second-order valence-electron chi connectivity index (χ2n) is 3.23. The summed E-state index contributed by atoms with van der Waals surface area (Å²) in [5.74, 6) is 0. The number of aliphatic imine (C=N–C) groups is 2. The highest BCUT2D eigenvalue weighted by molar-refractivity contribution is 5.56. The van der Waals surface area contributed by atoms with Gasteiger partial charge in [0.05, 0.1) is 17.7 Å². The molecule has 0 saturated heterocycles. The van der Waals surface area contributed by atoms with Crippen LogP contribution in [0.5, 0.6) is 0 Å². The molecule has 2 nitrogen and oxygen atoms in total. The first kappa shape index (κ1) is 10.4. The van der Waals surface area contributed by atoms with Gasteiger partial charge >= 0.3 is 0 Å². The predicted molar refractivity (Wildman–Crippen MR) is 61.2 cm³/mol. The zero-order valence-corrected chi connectivity index (χ0v) is 8.57. The molecule has 1 aromatic carbocycles. The van der Waals surface area contributed by atoms with Crippen molar-refractivity contribution in [1.29, 1.82) is 0 Å². The zero-order chi connectivity index (χ0) is 10.4. The second kappa shape index (κ2) is 5.15. The van der Waals surface area contributed by atoms with E-state index < -0.39 is 0 Å². The molecule has 0 aliphatic carbocycles. The van der Waals surface area contributed by atoms with Crippen LogP contribution in [0.1, 0.15) is 19.4 Å². The van der Waals surface area contributed by atoms with Gasteiger partial charge in [-0.05, 0) is 31.5 Å². The fourth-order valence-corrected chi connectivity index (χ4v) is 0.887. The Balaban J connectivity index is 2.78. The molecule has 72 valence electrons. The van der Waals surface area contributed by atoms with Crippen molar-refractivity contribution in [1.82, 2.24) is 0 Å². The summed E-state index contributed by atoms with van der Waals surface area (Å²) in [6, 6.07) is 10.7. The predicted octanol–water partition coefficient (Wildman–Crippen LogP) is 3.54. The molecule has 1 aromatic rings. The van der Waals surface area contributed by atoms with Crippen LogP contribution in [0.3, 0.4) is 0 Å². The van der Waals surface area contributed by atoms with E-state index in [4.69, 9.17) is 0 Å². The standard InChI is InChI=1S/C12H14N2/c1-4-11-5-7-12(8-6-11)14-9-13-10(2)3/h4-8,10H,1H2,2-3H3. The molecule has 2 heteroatoms. The van der Waals surface area contributed by atoms with Crippen LogP contribution in [0, 0.1) is 0 Å². The van der Waals surface area contributed by atoms with Crippen LogP contribution in [-0.2, 0) is 0 Å². The summed E-state index contributed by atoms with van der Waals surface area (Å²) in [5.41, 5.74) is 1.95. The van der Waals surface area contributed by atoms with Gasteiger partial charge in [0.1, 0.15) is 0 Å². The van der Waals surface area contributed by atoms with Gasteiger partial charge < -0.3 is 0 Å². The van der Waals surface area contributed by atoms with E-state index in [0.29, 0.717) is 0 Å². The highest BCUT2D eigenvalue weighted by Crippen LogP contribution is 2.12. The Bertz CT molecular complexity index is 354. The average Bonchev–Trinajstić information content (AvgIpc) is 2.18. The molecule has 0 aliphatic rings. The van der Waals surface area contributed by atoms with Crippen molar-refractivity contribution < 1.29 is 0 Å². The minimum Gasteiger partial charge on any atom is -0.223 e. The summed E-state index contributed by atoms with van der Waals surface area (Å²) < 4.78 is 0. The van der Waals surface area contributed by atoms with Crippen LogP contribution >= 0.6 is 0 Å². The molecule has 0 amide bonds. The highest BCUT2D eigenvalue weighted by Gasteiger charge is 1.87. The third kappa shape index (κ3) is 3.38. The van der Waals surface area contributed by atoms with Gasteiger partial charge in [-0.25, -0.2) is 4.99 Å². The van der Waals surface area contributed by atoms with Crippen LogP contribution in [-0.4, -0.2) is 12.1 Å². The third-order valence-corrected chi connectivity index (χ3v) is 1.62. The van der Waals surface area contributed by atoms with E-state index in [9.17, 15) is 0 Å². The van der Waals surface area contributed by atoms with E-state index in [2.05, 4.69) is 22.6 Å². The number of hydrogen-bond donors (Lipinski definition) is 0. The molecule has 0 heterocycles. The maximum Gasteiger partial charge on any atom is 0.0951 e. The number of hydrogen-bond acceptors (Lipinski definition) is 2. The fraction of sp³-hybridized carbons (Fsp3) is 0.250. The Morgan fingerprint density at radius 1 is 1.29 bits per heavy atom. The molecule has 0 aliphatic heterocycles. The molecule has 0 unspecified atom stereocenters. The Kier molecular flexibility index (Phi) is 3.84. The summed E-state index contributed by atoms with van der Waals surface area (Å²) in [7, 11) is 0. The first-order valence-corrected chi connectivity index (χ1v) is 4.60. The Morgan fingerprint density at radius 3 is 2.43 bits per heavy atom. The van der Waals surface area contributed by atoms with Gasteiger partial charge in [0.25, 0.3) is 0 Å². The summed E-state index contributed by atoms with van der Waals surface area (Å²) in [6.07, 6.45) is 1.80. The van der Waals surface area contributed by atoms with Crippen molar-refractivity contribution in [2.75, 3.05) is 0 Å². The van der Waals surface area contributed by atoms with Crippen LogP contribution in [0.4, 0.5) is 5.69 Å². The minimum atomic E-state index is 0.242. The average molecular weight is 186 g/mol. The molecule has 1 rings (SSSR count). The lowest BCUT2D eigenvalue weighted by atomic mass is 10.2. The molecule has 14 heavy (non-hydrogen) atoms. The maximum atomic E-state index is 4.07. The van der Waals surface area contributed by atoms with Crippen LogP contribution in [0.25, 0.3) is 6.08 Å².